The van der Waals surface area contributed by atoms with Crippen LogP contribution in [0.4, 0.5) is 11.6 Å². The minimum absolute atomic E-state index is 0.111. The summed E-state index contributed by atoms with van der Waals surface area (Å²) >= 11 is 5.99. The first-order chi connectivity index (χ1) is 11.7. The molecular weight excluding hydrogens is 322 g/mol. The van der Waals surface area contributed by atoms with Crippen molar-refractivity contribution in [3.05, 3.63) is 87.3 Å². The molecule has 1 aromatic heterocycles. The number of nitrogens with zero attached hydrogens (tertiary/aromatic N) is 2. The minimum atomic E-state index is -0.433. The Hall–Kier alpha value is -2.59. The van der Waals surface area contributed by atoms with Crippen LogP contribution in [-0.2, 0) is 13.0 Å². The van der Waals surface area contributed by atoms with Crippen LogP contribution in [0.2, 0.25) is 5.02 Å². The summed E-state index contributed by atoms with van der Waals surface area (Å²) in [6, 6.07) is 18.0. The van der Waals surface area contributed by atoms with E-state index in [0.717, 1.165) is 23.2 Å². The lowest BCUT2D eigenvalue weighted by atomic mass is 10.1. The van der Waals surface area contributed by atoms with E-state index in [9.17, 15) is 4.79 Å². The van der Waals surface area contributed by atoms with Gasteiger partial charge in [-0.3, -0.25) is 4.79 Å². The third-order valence-electron chi connectivity index (χ3n) is 3.79. The van der Waals surface area contributed by atoms with Gasteiger partial charge in [-0.05, 0) is 23.6 Å². The number of rotatable bonds is 5. The van der Waals surface area contributed by atoms with Gasteiger partial charge in [0.25, 0.3) is 5.56 Å². The molecule has 3 aromatic rings. The van der Waals surface area contributed by atoms with Crippen LogP contribution in [0.1, 0.15) is 18.1 Å². The molecule has 0 spiro atoms. The van der Waals surface area contributed by atoms with Crippen LogP contribution in [0, 0.1) is 0 Å². The quantitative estimate of drug-likeness (QED) is 0.755. The number of aryl methyl sites for hydroxylation is 1. The highest BCUT2D eigenvalue weighted by Crippen LogP contribution is 2.21. The van der Waals surface area contributed by atoms with Crippen molar-refractivity contribution in [2.45, 2.75) is 19.9 Å². The Morgan fingerprint density at radius 1 is 1.08 bits per heavy atom. The molecule has 1 heterocycles. The van der Waals surface area contributed by atoms with Crippen LogP contribution >= 0.6 is 11.6 Å². The maximum absolute atomic E-state index is 11.9. The zero-order chi connectivity index (χ0) is 16.9. The normalized spacial score (nSPS) is 10.6. The molecule has 24 heavy (non-hydrogen) atoms. The van der Waals surface area contributed by atoms with Crippen LogP contribution in [0.5, 0.6) is 0 Å². The van der Waals surface area contributed by atoms with Crippen LogP contribution < -0.4 is 10.9 Å². The van der Waals surface area contributed by atoms with Crippen molar-refractivity contribution in [3.63, 3.8) is 0 Å². The summed E-state index contributed by atoms with van der Waals surface area (Å²) < 4.78 is 1.85. The fraction of sp³-hybridized carbons (Fsp3) is 0.158. The SMILES string of the molecule is CCc1ccccc1Nc1nc(=O)c(Cl)cn1Cc1ccccc1. The molecule has 0 saturated heterocycles. The number of anilines is 2. The van der Waals surface area contributed by atoms with Crippen molar-refractivity contribution < 1.29 is 0 Å². The highest BCUT2D eigenvalue weighted by molar-refractivity contribution is 6.30. The Morgan fingerprint density at radius 3 is 2.54 bits per heavy atom. The van der Waals surface area contributed by atoms with Crippen molar-refractivity contribution in [2.75, 3.05) is 5.32 Å². The number of hydrogen-bond donors (Lipinski definition) is 1. The van der Waals surface area contributed by atoms with Crippen molar-refractivity contribution in [3.8, 4) is 0 Å². The molecule has 3 rings (SSSR count). The predicted molar refractivity (Wildman–Crippen MR) is 98.2 cm³/mol. The number of para-hydroxylation sites is 1. The second-order valence-electron chi connectivity index (χ2n) is 5.47. The van der Waals surface area contributed by atoms with E-state index in [0.29, 0.717) is 12.5 Å². The average molecular weight is 340 g/mol. The first-order valence-electron chi connectivity index (χ1n) is 7.83. The molecule has 5 heteroatoms. The van der Waals surface area contributed by atoms with E-state index in [2.05, 4.69) is 23.3 Å². The van der Waals surface area contributed by atoms with E-state index in [1.165, 1.54) is 0 Å². The van der Waals surface area contributed by atoms with E-state index < -0.39 is 5.56 Å². The standard InChI is InChI=1S/C19H18ClN3O/c1-2-15-10-6-7-11-17(15)21-19-22-18(24)16(20)13-23(19)12-14-8-4-3-5-9-14/h3-11,13H,2,12H2,1H3,(H,21,22,24). The Kier molecular flexibility index (Phi) is 4.96. The Morgan fingerprint density at radius 2 is 1.79 bits per heavy atom. The molecule has 0 unspecified atom stereocenters. The summed E-state index contributed by atoms with van der Waals surface area (Å²) in [5.41, 5.74) is 2.77. The number of halogens is 1. The van der Waals surface area contributed by atoms with Crippen molar-refractivity contribution in [1.82, 2.24) is 9.55 Å². The van der Waals surface area contributed by atoms with E-state index in [1.807, 2.05) is 53.1 Å². The summed E-state index contributed by atoms with van der Waals surface area (Å²) in [4.78, 5) is 16.0. The van der Waals surface area contributed by atoms with Crippen molar-refractivity contribution >= 4 is 23.2 Å². The number of nitrogens with one attached hydrogen (secondary N) is 1. The molecule has 2 aromatic carbocycles. The smallest absolute Gasteiger partial charge is 0.293 e. The van der Waals surface area contributed by atoms with E-state index >= 15 is 0 Å². The van der Waals surface area contributed by atoms with Crippen molar-refractivity contribution in [1.29, 1.82) is 0 Å². The topological polar surface area (TPSA) is 46.9 Å². The fourth-order valence-corrected chi connectivity index (χ4v) is 2.70. The van der Waals surface area contributed by atoms with Gasteiger partial charge in [-0.15, -0.1) is 0 Å². The Balaban J connectivity index is 2.00. The minimum Gasteiger partial charge on any atom is -0.325 e. The van der Waals surface area contributed by atoms with Gasteiger partial charge in [0.15, 0.2) is 0 Å². The molecule has 0 aliphatic heterocycles. The van der Waals surface area contributed by atoms with Crippen molar-refractivity contribution in [2.24, 2.45) is 0 Å². The summed E-state index contributed by atoms with van der Waals surface area (Å²) in [5.74, 6) is 0.481. The molecule has 4 nitrogen and oxygen atoms in total. The second-order valence-corrected chi connectivity index (χ2v) is 5.87. The molecule has 0 amide bonds. The van der Waals surface area contributed by atoms with E-state index in [4.69, 9.17) is 11.6 Å². The third kappa shape index (κ3) is 3.66. The molecule has 0 aliphatic carbocycles. The molecule has 122 valence electrons. The maximum Gasteiger partial charge on any atom is 0.293 e. The van der Waals surface area contributed by atoms with Crippen LogP contribution in [-0.4, -0.2) is 9.55 Å². The largest absolute Gasteiger partial charge is 0.325 e. The average Bonchev–Trinajstić information content (AvgIpc) is 2.60. The van der Waals surface area contributed by atoms with Gasteiger partial charge in [0, 0.05) is 11.9 Å². The summed E-state index contributed by atoms with van der Waals surface area (Å²) in [5, 5.41) is 3.38. The maximum atomic E-state index is 11.9. The van der Waals surface area contributed by atoms with Gasteiger partial charge in [-0.25, -0.2) is 0 Å². The highest BCUT2D eigenvalue weighted by atomic mass is 35.5. The number of benzene rings is 2. The Labute approximate surface area is 145 Å². The van der Waals surface area contributed by atoms with Gasteiger partial charge in [-0.1, -0.05) is 67.1 Å². The zero-order valence-corrected chi connectivity index (χ0v) is 14.1. The molecule has 0 atom stereocenters. The molecule has 0 radical (unpaired) electrons. The lowest BCUT2D eigenvalue weighted by molar-refractivity contribution is 0.773. The number of hydrogen-bond acceptors (Lipinski definition) is 3. The van der Waals surface area contributed by atoms with Gasteiger partial charge in [0.2, 0.25) is 5.95 Å². The summed E-state index contributed by atoms with van der Waals surface area (Å²) in [6.07, 6.45) is 2.51. The van der Waals surface area contributed by atoms with Crippen LogP contribution in [0.15, 0.2) is 65.6 Å². The lowest BCUT2D eigenvalue weighted by Crippen LogP contribution is -2.18. The molecule has 1 N–H and O–H groups in total. The molecule has 0 fully saturated rings. The van der Waals surface area contributed by atoms with Gasteiger partial charge < -0.3 is 9.88 Å². The fourth-order valence-electron chi connectivity index (χ4n) is 2.54. The second kappa shape index (κ2) is 7.32. The lowest BCUT2D eigenvalue weighted by Gasteiger charge is -2.16. The van der Waals surface area contributed by atoms with Gasteiger partial charge in [0.1, 0.15) is 5.02 Å². The van der Waals surface area contributed by atoms with E-state index in [1.54, 1.807) is 6.20 Å². The van der Waals surface area contributed by atoms with Gasteiger partial charge >= 0.3 is 0 Å². The first-order valence-corrected chi connectivity index (χ1v) is 8.21. The predicted octanol–water partition coefficient (Wildman–Crippen LogP) is 4.25. The van der Waals surface area contributed by atoms with Gasteiger partial charge in [-0.2, -0.15) is 4.98 Å². The third-order valence-corrected chi connectivity index (χ3v) is 4.05. The Bertz CT molecular complexity index is 891. The number of aromatic nitrogens is 2. The molecule has 0 aliphatic rings. The van der Waals surface area contributed by atoms with Crippen LogP contribution in [0.25, 0.3) is 0 Å². The highest BCUT2D eigenvalue weighted by Gasteiger charge is 2.09. The molecular formula is C19H18ClN3O. The summed E-state index contributed by atoms with van der Waals surface area (Å²) in [6.45, 7) is 2.66. The van der Waals surface area contributed by atoms with E-state index in [-0.39, 0.29) is 5.02 Å². The first kappa shape index (κ1) is 16.3. The molecule has 0 saturated carbocycles. The van der Waals surface area contributed by atoms with Gasteiger partial charge in [0.05, 0.1) is 6.54 Å². The monoisotopic (exact) mass is 339 g/mol. The zero-order valence-electron chi connectivity index (χ0n) is 13.4. The van der Waals surface area contributed by atoms with Crippen LogP contribution in [0.3, 0.4) is 0 Å². The molecule has 0 bridgehead atoms. The summed E-state index contributed by atoms with van der Waals surface area (Å²) in [7, 11) is 0.